The predicted molar refractivity (Wildman–Crippen MR) is 94.5 cm³/mol. The van der Waals surface area contributed by atoms with Crippen LogP contribution in [0.25, 0.3) is 0 Å². The molecule has 2 amide bonds. The van der Waals surface area contributed by atoms with Crippen molar-refractivity contribution < 1.29 is 9.59 Å². The van der Waals surface area contributed by atoms with Gasteiger partial charge in [0.1, 0.15) is 0 Å². The van der Waals surface area contributed by atoms with Crippen LogP contribution < -0.4 is 4.90 Å². The molecule has 0 radical (unpaired) electrons. The zero-order valence-corrected chi connectivity index (χ0v) is 14.4. The SMILES string of the molecule is Cc1csc(N(C(=O)CCN2CCSC2=O)c2ccccc2)n1. The van der Waals surface area contributed by atoms with Crippen molar-refractivity contribution in [1.29, 1.82) is 0 Å². The Labute approximate surface area is 143 Å². The lowest BCUT2D eigenvalue weighted by atomic mass is 10.2. The lowest BCUT2D eigenvalue weighted by molar-refractivity contribution is -0.118. The van der Waals surface area contributed by atoms with Crippen molar-refractivity contribution in [3.63, 3.8) is 0 Å². The molecule has 0 saturated carbocycles. The summed E-state index contributed by atoms with van der Waals surface area (Å²) in [6, 6.07) is 9.50. The molecule has 1 aliphatic heterocycles. The molecule has 1 aliphatic rings. The average molecular weight is 347 g/mol. The van der Waals surface area contributed by atoms with Gasteiger partial charge < -0.3 is 4.90 Å². The first kappa shape index (κ1) is 16.0. The fourth-order valence-electron chi connectivity index (χ4n) is 2.35. The van der Waals surface area contributed by atoms with Gasteiger partial charge in [-0.1, -0.05) is 30.0 Å². The minimum atomic E-state index is -0.0461. The third kappa shape index (κ3) is 3.73. The fourth-order valence-corrected chi connectivity index (χ4v) is 4.04. The van der Waals surface area contributed by atoms with Crippen molar-refractivity contribution in [1.82, 2.24) is 9.88 Å². The Kier molecular flexibility index (Phi) is 4.97. The number of para-hydroxylation sites is 1. The number of hydrogen-bond donors (Lipinski definition) is 0. The molecule has 120 valence electrons. The van der Waals surface area contributed by atoms with Gasteiger partial charge in [-0.15, -0.1) is 11.3 Å². The number of nitrogens with zero attached hydrogens (tertiary/aromatic N) is 3. The molecule has 0 aliphatic carbocycles. The van der Waals surface area contributed by atoms with Crippen LogP contribution in [0.1, 0.15) is 12.1 Å². The van der Waals surface area contributed by atoms with Gasteiger partial charge in [0.15, 0.2) is 5.13 Å². The van der Waals surface area contributed by atoms with Gasteiger partial charge >= 0.3 is 0 Å². The Hall–Kier alpha value is -1.86. The minimum Gasteiger partial charge on any atom is -0.332 e. The van der Waals surface area contributed by atoms with Crippen LogP contribution in [0.3, 0.4) is 0 Å². The average Bonchev–Trinajstić information content (AvgIpc) is 3.15. The van der Waals surface area contributed by atoms with Crippen LogP contribution in [-0.4, -0.2) is 39.9 Å². The number of anilines is 2. The van der Waals surface area contributed by atoms with E-state index in [1.807, 2.05) is 42.6 Å². The van der Waals surface area contributed by atoms with Crippen LogP contribution in [0.2, 0.25) is 0 Å². The summed E-state index contributed by atoms with van der Waals surface area (Å²) in [5.74, 6) is 0.761. The number of carbonyl (C=O) groups excluding carboxylic acids is 2. The van der Waals surface area contributed by atoms with E-state index < -0.39 is 0 Å². The third-order valence-corrected chi connectivity index (χ3v) is 5.34. The molecule has 3 rings (SSSR count). The molecule has 1 aromatic carbocycles. The quantitative estimate of drug-likeness (QED) is 0.828. The van der Waals surface area contributed by atoms with E-state index >= 15 is 0 Å². The molecule has 2 aromatic rings. The van der Waals surface area contributed by atoms with Crippen LogP contribution in [-0.2, 0) is 4.79 Å². The fraction of sp³-hybridized carbons (Fsp3) is 0.312. The van der Waals surface area contributed by atoms with Crippen LogP contribution in [0.5, 0.6) is 0 Å². The normalized spacial score (nSPS) is 14.3. The minimum absolute atomic E-state index is 0.0461. The van der Waals surface area contributed by atoms with Crippen molar-refractivity contribution in [2.75, 3.05) is 23.7 Å². The zero-order chi connectivity index (χ0) is 16.2. The summed E-state index contributed by atoms with van der Waals surface area (Å²) in [6.07, 6.45) is 0.291. The first-order valence-corrected chi connectivity index (χ1v) is 9.23. The molecule has 0 unspecified atom stereocenters. The summed E-state index contributed by atoms with van der Waals surface area (Å²) in [5.41, 5.74) is 1.69. The van der Waals surface area contributed by atoms with Crippen LogP contribution in [0.15, 0.2) is 35.7 Å². The van der Waals surface area contributed by atoms with Crippen LogP contribution >= 0.6 is 23.1 Å². The van der Waals surface area contributed by atoms with Gasteiger partial charge in [-0.25, -0.2) is 4.98 Å². The maximum atomic E-state index is 12.8. The first-order chi connectivity index (χ1) is 11.1. The van der Waals surface area contributed by atoms with Crippen LogP contribution in [0, 0.1) is 6.92 Å². The van der Waals surface area contributed by atoms with Crippen LogP contribution in [0.4, 0.5) is 15.6 Å². The lowest BCUT2D eigenvalue weighted by Gasteiger charge is -2.21. The highest BCUT2D eigenvalue weighted by Crippen LogP contribution is 2.29. The molecule has 0 atom stereocenters. The molecule has 0 bridgehead atoms. The zero-order valence-electron chi connectivity index (χ0n) is 12.8. The second-order valence-corrected chi connectivity index (χ2v) is 7.07. The molecular formula is C16H17N3O2S2. The monoisotopic (exact) mass is 347 g/mol. The Morgan fingerprint density at radius 2 is 2.13 bits per heavy atom. The molecule has 1 saturated heterocycles. The number of aromatic nitrogens is 1. The van der Waals surface area contributed by atoms with Gasteiger partial charge in [-0.05, 0) is 19.1 Å². The second-order valence-electron chi connectivity index (χ2n) is 5.19. The predicted octanol–water partition coefficient (Wildman–Crippen LogP) is 3.68. The molecule has 5 nitrogen and oxygen atoms in total. The van der Waals surface area contributed by atoms with E-state index in [0.29, 0.717) is 18.1 Å². The van der Waals surface area contributed by atoms with E-state index in [-0.39, 0.29) is 11.1 Å². The molecule has 1 fully saturated rings. The first-order valence-electron chi connectivity index (χ1n) is 7.37. The van der Waals surface area contributed by atoms with Crippen molar-refractivity contribution in [2.24, 2.45) is 0 Å². The number of thioether (sulfide) groups is 1. The smallest absolute Gasteiger partial charge is 0.281 e. The summed E-state index contributed by atoms with van der Waals surface area (Å²) in [4.78, 5) is 32.2. The molecule has 2 heterocycles. The number of carbonyl (C=O) groups is 2. The summed E-state index contributed by atoms with van der Waals surface area (Å²) < 4.78 is 0. The van der Waals surface area contributed by atoms with Crippen molar-refractivity contribution >= 4 is 45.1 Å². The highest BCUT2D eigenvalue weighted by molar-refractivity contribution is 8.13. The Bertz CT molecular complexity index is 702. The molecule has 0 N–H and O–H groups in total. The molecular weight excluding hydrogens is 330 g/mol. The van der Waals surface area contributed by atoms with Gasteiger partial charge in [0, 0.05) is 30.6 Å². The summed E-state index contributed by atoms with van der Waals surface area (Å²) in [5, 5.41) is 2.66. The number of benzene rings is 1. The topological polar surface area (TPSA) is 53.5 Å². The standard InChI is InChI=1S/C16H17N3O2S2/c1-12-11-23-15(17-12)19(13-5-3-2-4-6-13)14(20)7-8-18-9-10-22-16(18)21/h2-6,11H,7-10H2,1H3. The second kappa shape index (κ2) is 7.14. The molecule has 1 aromatic heterocycles. The van der Waals surface area contributed by atoms with Gasteiger partial charge in [-0.3, -0.25) is 14.5 Å². The van der Waals surface area contributed by atoms with E-state index in [1.54, 1.807) is 9.80 Å². The molecule has 23 heavy (non-hydrogen) atoms. The maximum absolute atomic E-state index is 12.8. The van der Waals surface area contributed by atoms with Gasteiger partial charge in [0.25, 0.3) is 5.24 Å². The van der Waals surface area contributed by atoms with E-state index in [4.69, 9.17) is 0 Å². The number of rotatable bonds is 5. The van der Waals surface area contributed by atoms with Crippen molar-refractivity contribution in [2.45, 2.75) is 13.3 Å². The van der Waals surface area contributed by atoms with E-state index in [0.717, 1.165) is 23.7 Å². The van der Waals surface area contributed by atoms with Crippen molar-refractivity contribution in [3.8, 4) is 0 Å². The summed E-state index contributed by atoms with van der Waals surface area (Å²) in [6.45, 7) is 3.09. The maximum Gasteiger partial charge on any atom is 0.281 e. The van der Waals surface area contributed by atoms with Gasteiger partial charge in [0.2, 0.25) is 5.91 Å². The highest BCUT2D eigenvalue weighted by Gasteiger charge is 2.25. The number of hydrogen-bond acceptors (Lipinski definition) is 5. The van der Waals surface area contributed by atoms with E-state index in [9.17, 15) is 9.59 Å². The molecule has 0 spiro atoms. The van der Waals surface area contributed by atoms with E-state index in [2.05, 4.69) is 4.98 Å². The largest absolute Gasteiger partial charge is 0.332 e. The Balaban J connectivity index is 1.77. The molecule has 7 heteroatoms. The lowest BCUT2D eigenvalue weighted by Crippen LogP contribution is -2.32. The van der Waals surface area contributed by atoms with Gasteiger partial charge in [-0.2, -0.15) is 0 Å². The highest BCUT2D eigenvalue weighted by atomic mass is 32.2. The number of amides is 2. The number of thiazole rings is 1. The summed E-state index contributed by atoms with van der Waals surface area (Å²) in [7, 11) is 0. The Morgan fingerprint density at radius 1 is 1.35 bits per heavy atom. The Morgan fingerprint density at radius 3 is 2.74 bits per heavy atom. The van der Waals surface area contributed by atoms with E-state index in [1.165, 1.54) is 23.1 Å². The third-order valence-electron chi connectivity index (χ3n) is 3.50. The summed E-state index contributed by atoms with van der Waals surface area (Å²) >= 11 is 2.76. The van der Waals surface area contributed by atoms with Crippen molar-refractivity contribution in [3.05, 3.63) is 41.4 Å². The number of aryl methyl sites for hydroxylation is 1. The van der Waals surface area contributed by atoms with Gasteiger partial charge in [0.05, 0.1) is 11.4 Å².